The van der Waals surface area contributed by atoms with Gasteiger partial charge in [0.25, 0.3) is 5.91 Å². The molecule has 0 aliphatic carbocycles. The molecule has 3 rings (SSSR count). The topological polar surface area (TPSA) is 88.6 Å². The van der Waals surface area contributed by atoms with E-state index in [9.17, 15) is 9.59 Å². The molecule has 2 aromatic rings. The summed E-state index contributed by atoms with van der Waals surface area (Å²) in [5, 5.41) is 2.55. The molecule has 6 nitrogen and oxygen atoms in total. The van der Waals surface area contributed by atoms with E-state index in [1.54, 1.807) is 6.92 Å². The van der Waals surface area contributed by atoms with Crippen molar-refractivity contribution in [2.75, 3.05) is 13.1 Å². The van der Waals surface area contributed by atoms with Gasteiger partial charge in [-0.2, -0.15) is 0 Å². The Balaban J connectivity index is 1.76. The Hall–Kier alpha value is -2.60. The van der Waals surface area contributed by atoms with Gasteiger partial charge in [-0.25, -0.2) is 0 Å². The number of fused-ring (bicyclic) bond motifs is 1. The molecule has 1 aromatic carbocycles. The maximum atomic E-state index is 12.4. The predicted octanol–water partition coefficient (Wildman–Crippen LogP) is 1.67. The molecule has 2 heterocycles. The molecule has 0 saturated heterocycles. The monoisotopic (exact) mass is 341 g/mol. The number of rotatable bonds is 5. The zero-order valence-corrected chi connectivity index (χ0v) is 14.6. The molecule has 6 heteroatoms. The largest absolute Gasteiger partial charge is 0.465 e. The summed E-state index contributed by atoms with van der Waals surface area (Å²) >= 11 is 0. The third-order valence-corrected chi connectivity index (χ3v) is 4.48. The van der Waals surface area contributed by atoms with Crippen LogP contribution in [0.1, 0.15) is 38.6 Å². The predicted molar refractivity (Wildman–Crippen MR) is 94.0 cm³/mol. The minimum atomic E-state index is -0.565. The van der Waals surface area contributed by atoms with Gasteiger partial charge < -0.3 is 15.5 Å². The summed E-state index contributed by atoms with van der Waals surface area (Å²) in [6, 6.07) is 8.47. The zero-order chi connectivity index (χ0) is 18.0. The second kappa shape index (κ2) is 7.11. The first-order valence-corrected chi connectivity index (χ1v) is 8.39. The highest BCUT2D eigenvalue weighted by Gasteiger charge is 2.28. The van der Waals surface area contributed by atoms with Crippen LogP contribution in [0.25, 0.3) is 0 Å². The van der Waals surface area contributed by atoms with Gasteiger partial charge in [-0.3, -0.25) is 14.5 Å². The molecule has 0 saturated carbocycles. The van der Waals surface area contributed by atoms with E-state index in [1.165, 1.54) is 11.1 Å². The second-order valence-corrected chi connectivity index (χ2v) is 6.53. The number of amides is 2. The van der Waals surface area contributed by atoms with Gasteiger partial charge in [0.1, 0.15) is 11.5 Å². The molecule has 3 N–H and O–H groups in total. The van der Waals surface area contributed by atoms with Gasteiger partial charge in [0.15, 0.2) is 0 Å². The van der Waals surface area contributed by atoms with Crippen molar-refractivity contribution >= 4 is 11.8 Å². The van der Waals surface area contributed by atoms with Crippen molar-refractivity contribution in [2.45, 2.75) is 33.4 Å². The maximum absolute atomic E-state index is 12.4. The fourth-order valence-corrected chi connectivity index (χ4v) is 3.22. The standard InChI is InChI=1S/C19H23N3O3/c1-12-3-5-14(6-4-12)10-22-8-7-16-15(11-22)18(13(2)25-16)19(24)21-9-17(20)23/h3-6H,7-11H2,1-2H3,(H2,20,23)(H,21,24). The Bertz CT molecular complexity index is 793. The molecule has 132 valence electrons. The van der Waals surface area contributed by atoms with Crippen molar-refractivity contribution in [3.8, 4) is 0 Å². The Labute approximate surface area is 147 Å². The SMILES string of the molecule is Cc1ccc(CN2CCc3oc(C)c(C(=O)NCC(N)=O)c3C2)cc1. The third-order valence-electron chi connectivity index (χ3n) is 4.48. The number of nitrogens with zero attached hydrogens (tertiary/aromatic N) is 1. The Morgan fingerprint density at radius 1 is 1.24 bits per heavy atom. The maximum Gasteiger partial charge on any atom is 0.255 e. The fourth-order valence-electron chi connectivity index (χ4n) is 3.22. The van der Waals surface area contributed by atoms with Crippen molar-refractivity contribution in [1.82, 2.24) is 10.2 Å². The van der Waals surface area contributed by atoms with Gasteiger partial charge in [-0.1, -0.05) is 29.8 Å². The summed E-state index contributed by atoms with van der Waals surface area (Å²) in [4.78, 5) is 25.6. The van der Waals surface area contributed by atoms with Crippen LogP contribution in [0.2, 0.25) is 0 Å². The summed E-state index contributed by atoms with van der Waals surface area (Å²) in [6.07, 6.45) is 0.769. The number of benzene rings is 1. The van der Waals surface area contributed by atoms with Crippen molar-refractivity contribution in [3.05, 3.63) is 58.0 Å². The first kappa shape index (κ1) is 17.2. The highest BCUT2D eigenvalue weighted by atomic mass is 16.3. The number of furan rings is 1. The highest BCUT2D eigenvalue weighted by molar-refractivity contribution is 5.98. The molecule has 0 bridgehead atoms. The van der Waals surface area contributed by atoms with Crippen LogP contribution >= 0.6 is 0 Å². The lowest BCUT2D eigenvalue weighted by molar-refractivity contribution is -0.117. The summed E-state index contributed by atoms with van der Waals surface area (Å²) in [7, 11) is 0. The minimum absolute atomic E-state index is 0.175. The van der Waals surface area contributed by atoms with Gasteiger partial charge >= 0.3 is 0 Å². The molecule has 1 aliphatic heterocycles. The number of nitrogens with two attached hydrogens (primary N) is 1. The Morgan fingerprint density at radius 3 is 2.64 bits per heavy atom. The number of hydrogen-bond acceptors (Lipinski definition) is 4. The first-order valence-electron chi connectivity index (χ1n) is 8.39. The second-order valence-electron chi connectivity index (χ2n) is 6.53. The van der Waals surface area contributed by atoms with Crippen LogP contribution in [0.15, 0.2) is 28.7 Å². The van der Waals surface area contributed by atoms with Crippen LogP contribution in [-0.2, 0) is 24.3 Å². The molecule has 1 aliphatic rings. The molecule has 0 fully saturated rings. The Morgan fingerprint density at radius 2 is 1.96 bits per heavy atom. The smallest absolute Gasteiger partial charge is 0.255 e. The van der Waals surface area contributed by atoms with Crippen molar-refractivity contribution in [3.63, 3.8) is 0 Å². The highest BCUT2D eigenvalue weighted by Crippen LogP contribution is 2.28. The number of aryl methyl sites for hydroxylation is 2. The molecule has 0 radical (unpaired) electrons. The number of carbonyl (C=O) groups excluding carboxylic acids is 2. The van der Waals surface area contributed by atoms with Gasteiger partial charge in [0, 0.05) is 31.6 Å². The molecule has 0 atom stereocenters. The molecule has 1 aromatic heterocycles. The minimum Gasteiger partial charge on any atom is -0.465 e. The van der Waals surface area contributed by atoms with Crippen LogP contribution in [0.5, 0.6) is 0 Å². The average molecular weight is 341 g/mol. The molecule has 0 spiro atoms. The summed E-state index contributed by atoms with van der Waals surface area (Å²) < 4.78 is 5.78. The van der Waals surface area contributed by atoms with E-state index in [0.29, 0.717) is 17.9 Å². The molecule has 25 heavy (non-hydrogen) atoms. The van der Waals surface area contributed by atoms with Gasteiger partial charge in [-0.05, 0) is 19.4 Å². The van der Waals surface area contributed by atoms with Crippen molar-refractivity contribution in [2.24, 2.45) is 5.73 Å². The summed E-state index contributed by atoms with van der Waals surface area (Å²) in [6.45, 7) is 6.04. The van der Waals surface area contributed by atoms with E-state index in [4.69, 9.17) is 10.2 Å². The van der Waals surface area contributed by atoms with E-state index in [1.807, 2.05) is 0 Å². The zero-order valence-electron chi connectivity index (χ0n) is 14.6. The number of carbonyl (C=O) groups is 2. The van der Waals surface area contributed by atoms with Crippen LogP contribution in [-0.4, -0.2) is 29.8 Å². The van der Waals surface area contributed by atoms with Crippen LogP contribution in [0.4, 0.5) is 0 Å². The lowest BCUT2D eigenvalue weighted by Gasteiger charge is -2.26. The van der Waals surface area contributed by atoms with Gasteiger partial charge in [0.2, 0.25) is 5.91 Å². The van der Waals surface area contributed by atoms with Crippen molar-refractivity contribution in [1.29, 1.82) is 0 Å². The fraction of sp³-hybridized carbons (Fsp3) is 0.368. The molecular formula is C19H23N3O3. The van der Waals surface area contributed by atoms with E-state index in [-0.39, 0.29) is 12.5 Å². The molecule has 2 amide bonds. The molecule has 0 unspecified atom stereocenters. The van der Waals surface area contributed by atoms with Gasteiger partial charge in [0.05, 0.1) is 12.1 Å². The van der Waals surface area contributed by atoms with E-state index in [2.05, 4.69) is 41.4 Å². The Kier molecular flexibility index (Phi) is 4.90. The van der Waals surface area contributed by atoms with E-state index in [0.717, 1.165) is 30.8 Å². The average Bonchev–Trinajstić information content (AvgIpc) is 2.90. The number of primary amides is 1. The van der Waals surface area contributed by atoms with E-state index >= 15 is 0 Å². The quantitative estimate of drug-likeness (QED) is 0.866. The van der Waals surface area contributed by atoms with Crippen LogP contribution < -0.4 is 11.1 Å². The summed E-state index contributed by atoms with van der Waals surface area (Å²) in [5.74, 6) is 0.578. The lowest BCUT2D eigenvalue weighted by atomic mass is 10.0. The number of nitrogens with one attached hydrogen (secondary N) is 1. The number of hydrogen-bond donors (Lipinski definition) is 2. The normalized spacial score (nSPS) is 14.2. The van der Waals surface area contributed by atoms with Gasteiger partial charge in [-0.15, -0.1) is 0 Å². The summed E-state index contributed by atoms with van der Waals surface area (Å²) in [5.41, 5.74) is 9.03. The third kappa shape index (κ3) is 3.91. The van der Waals surface area contributed by atoms with Crippen molar-refractivity contribution < 1.29 is 14.0 Å². The van der Waals surface area contributed by atoms with Crippen LogP contribution in [0, 0.1) is 13.8 Å². The first-order chi connectivity index (χ1) is 11.9. The molecular weight excluding hydrogens is 318 g/mol. The lowest BCUT2D eigenvalue weighted by Crippen LogP contribution is -2.35. The van der Waals surface area contributed by atoms with E-state index < -0.39 is 5.91 Å². The van der Waals surface area contributed by atoms with Crippen LogP contribution in [0.3, 0.4) is 0 Å².